The topological polar surface area (TPSA) is 0 Å². The zero-order chi connectivity index (χ0) is 8.95. The fourth-order valence-electron chi connectivity index (χ4n) is 0.780. The third-order valence-electron chi connectivity index (χ3n) is 1.35. The van der Waals surface area contributed by atoms with Crippen molar-refractivity contribution in [2.75, 3.05) is 0 Å². The van der Waals surface area contributed by atoms with Gasteiger partial charge in [-0.25, -0.2) is 0 Å². The molecule has 0 aromatic heterocycles. The van der Waals surface area contributed by atoms with Gasteiger partial charge in [0, 0.05) is 0 Å². The molecule has 0 radical (unpaired) electrons. The van der Waals surface area contributed by atoms with Crippen LogP contribution < -0.4 is 0 Å². The number of halogens is 2. The summed E-state index contributed by atoms with van der Waals surface area (Å²) in [5, 5.41) is 0. The first-order valence-corrected chi connectivity index (χ1v) is 7.64. The van der Waals surface area contributed by atoms with Gasteiger partial charge in [-0.2, -0.15) is 6.42 Å². The van der Waals surface area contributed by atoms with Gasteiger partial charge in [-0.05, 0) is 0 Å². The fourth-order valence-corrected chi connectivity index (χ4v) is 0.780. The normalized spacial score (nSPS) is 8.00. The zero-order valence-corrected chi connectivity index (χ0v) is 9.95. The average Bonchev–Trinajstić information content (AvgIpc) is 2.00. The van der Waals surface area contributed by atoms with E-state index in [1.54, 1.807) is 0 Å². The van der Waals surface area contributed by atoms with E-state index in [4.69, 9.17) is 20.1 Å². The Morgan fingerprint density at radius 2 is 1.55 bits per heavy atom. The molecule has 0 rings (SSSR count). The number of hydrogen-bond acceptors (Lipinski definition) is 0. The molecule has 11 heavy (non-hydrogen) atoms. The molecule has 0 saturated carbocycles. The van der Waals surface area contributed by atoms with E-state index in [1.807, 2.05) is 0 Å². The molecule has 0 amide bonds. The SMILES string of the molecule is [CH2-]CCCCCCC.[Cl][Al+][Cl]. The first-order chi connectivity index (χ1) is 5.33. The second kappa shape index (κ2) is 17.3. The summed E-state index contributed by atoms with van der Waals surface area (Å²) in [4.78, 5) is 0. The van der Waals surface area contributed by atoms with Crippen molar-refractivity contribution in [2.24, 2.45) is 0 Å². The van der Waals surface area contributed by atoms with E-state index in [9.17, 15) is 0 Å². The molecule has 0 fully saturated rings. The van der Waals surface area contributed by atoms with Crippen molar-refractivity contribution >= 4 is 33.5 Å². The van der Waals surface area contributed by atoms with Crippen LogP contribution in [-0.2, 0) is 0 Å². The Morgan fingerprint density at radius 1 is 1.09 bits per heavy atom. The van der Waals surface area contributed by atoms with Crippen LogP contribution in [0.2, 0.25) is 0 Å². The molecule has 0 heterocycles. The Morgan fingerprint density at radius 3 is 1.91 bits per heavy atom. The molecule has 0 atom stereocenters. The molecule has 0 spiro atoms. The van der Waals surface area contributed by atoms with E-state index in [-0.39, 0.29) is 13.4 Å². The minimum atomic E-state index is -0.306. The van der Waals surface area contributed by atoms with Gasteiger partial charge in [0.05, 0.1) is 0 Å². The van der Waals surface area contributed by atoms with Crippen molar-refractivity contribution in [1.29, 1.82) is 0 Å². The predicted octanol–water partition coefficient (Wildman–Crippen LogP) is 4.18. The first kappa shape index (κ1) is 14.6. The van der Waals surface area contributed by atoms with Gasteiger partial charge >= 0.3 is 33.5 Å². The summed E-state index contributed by atoms with van der Waals surface area (Å²) in [7, 11) is 9.69. The Balaban J connectivity index is 0. The summed E-state index contributed by atoms with van der Waals surface area (Å²) in [5.41, 5.74) is 0. The van der Waals surface area contributed by atoms with Crippen molar-refractivity contribution < 1.29 is 0 Å². The van der Waals surface area contributed by atoms with Crippen LogP contribution in [0.25, 0.3) is 0 Å². The third-order valence-corrected chi connectivity index (χ3v) is 1.35. The van der Waals surface area contributed by atoms with E-state index in [0.717, 1.165) is 6.42 Å². The van der Waals surface area contributed by atoms with Gasteiger partial charge in [-0.1, -0.05) is 39.0 Å². The van der Waals surface area contributed by atoms with Gasteiger partial charge in [0.1, 0.15) is 0 Å². The Kier molecular flexibility index (Phi) is 23.0. The van der Waals surface area contributed by atoms with E-state index in [2.05, 4.69) is 13.8 Å². The Bertz CT molecular complexity index is 45.4. The van der Waals surface area contributed by atoms with Crippen molar-refractivity contribution in [3.8, 4) is 0 Å². The van der Waals surface area contributed by atoms with Gasteiger partial charge in [-0.15, -0.1) is 0 Å². The second-order valence-corrected chi connectivity index (χ2v) is 4.49. The molecule has 3 heteroatoms. The monoisotopic (exact) mass is 210 g/mol. The molecule has 66 valence electrons. The van der Waals surface area contributed by atoms with Crippen molar-refractivity contribution in [3.05, 3.63) is 6.92 Å². The predicted molar refractivity (Wildman–Crippen MR) is 56.2 cm³/mol. The molecule has 0 N–H and O–H groups in total. The molecule has 0 aliphatic carbocycles. The number of hydrogen-bond donors (Lipinski definition) is 0. The van der Waals surface area contributed by atoms with E-state index < -0.39 is 0 Å². The maximum atomic E-state index is 4.85. The first-order valence-electron chi connectivity index (χ1n) is 4.14. The van der Waals surface area contributed by atoms with Gasteiger partial charge < -0.3 is 6.92 Å². The quantitative estimate of drug-likeness (QED) is 0.363. The van der Waals surface area contributed by atoms with Crippen LogP contribution in [-0.4, -0.2) is 13.4 Å². The standard InChI is InChI=1S/C8H17.Al.2ClH/c1-3-5-7-8-6-4-2;;;/h1,3-8H2,2H3;;2*1H/q-1;+3;;/p-2. The summed E-state index contributed by atoms with van der Waals surface area (Å²) in [6.07, 6.45) is 7.98. The van der Waals surface area contributed by atoms with Crippen LogP contribution in [0.5, 0.6) is 0 Å². The van der Waals surface area contributed by atoms with Gasteiger partial charge in [-0.3, -0.25) is 0 Å². The molecule has 0 nitrogen and oxygen atoms in total. The molecule has 0 aromatic carbocycles. The maximum absolute atomic E-state index is 4.85. The van der Waals surface area contributed by atoms with Crippen LogP contribution in [0.3, 0.4) is 0 Å². The summed E-state index contributed by atoms with van der Waals surface area (Å²) in [6, 6.07) is 0. The minimum absolute atomic E-state index is 0.306. The number of unbranched alkanes of at least 4 members (excludes halogenated alkanes) is 5. The van der Waals surface area contributed by atoms with Crippen LogP contribution >= 0.6 is 20.1 Å². The molecule has 0 aliphatic heterocycles. The molecule has 0 bridgehead atoms. The van der Waals surface area contributed by atoms with Crippen molar-refractivity contribution in [2.45, 2.75) is 45.4 Å². The van der Waals surface area contributed by atoms with Crippen molar-refractivity contribution in [3.63, 3.8) is 0 Å². The van der Waals surface area contributed by atoms with E-state index >= 15 is 0 Å². The molecule has 0 saturated heterocycles. The summed E-state index contributed by atoms with van der Waals surface area (Å²) in [6.45, 7) is 6.02. The van der Waals surface area contributed by atoms with Crippen LogP contribution in [0.4, 0.5) is 0 Å². The molecular formula is C8H17AlCl2. The summed E-state index contributed by atoms with van der Waals surface area (Å²) < 4.78 is 0. The average molecular weight is 211 g/mol. The molecule has 0 aliphatic rings. The van der Waals surface area contributed by atoms with Crippen LogP contribution in [0, 0.1) is 6.92 Å². The van der Waals surface area contributed by atoms with Gasteiger partial charge in [0.2, 0.25) is 0 Å². The molecule has 0 aromatic rings. The zero-order valence-electron chi connectivity index (χ0n) is 7.28. The molecular weight excluding hydrogens is 194 g/mol. The third kappa shape index (κ3) is 24.7. The molecule has 0 unspecified atom stereocenters. The van der Waals surface area contributed by atoms with Gasteiger partial charge in [0.25, 0.3) is 0 Å². The number of rotatable bonds is 5. The second-order valence-electron chi connectivity index (χ2n) is 2.35. The fraction of sp³-hybridized carbons (Fsp3) is 0.875. The van der Waals surface area contributed by atoms with E-state index in [0.29, 0.717) is 0 Å². The van der Waals surface area contributed by atoms with Crippen molar-refractivity contribution in [1.82, 2.24) is 0 Å². The van der Waals surface area contributed by atoms with E-state index in [1.165, 1.54) is 32.1 Å². The van der Waals surface area contributed by atoms with Crippen LogP contribution in [0.15, 0.2) is 0 Å². The Hall–Kier alpha value is 1.11. The summed E-state index contributed by atoms with van der Waals surface area (Å²) >= 11 is -0.306. The van der Waals surface area contributed by atoms with Gasteiger partial charge in [0.15, 0.2) is 0 Å². The summed E-state index contributed by atoms with van der Waals surface area (Å²) in [5.74, 6) is 0. The van der Waals surface area contributed by atoms with Crippen LogP contribution in [0.1, 0.15) is 45.4 Å². The Labute approximate surface area is 85.8 Å².